The number of pyridine rings is 2. The Balaban J connectivity index is 0.00000126. The van der Waals surface area contributed by atoms with Gasteiger partial charge in [-0.25, -0.2) is 29.3 Å². The second kappa shape index (κ2) is 9.49. The van der Waals surface area contributed by atoms with Gasteiger partial charge in [0.15, 0.2) is 17.3 Å². The van der Waals surface area contributed by atoms with Crippen LogP contribution in [0.4, 0.5) is 10.2 Å². The minimum atomic E-state index is -0.437. The number of nitrogens with two attached hydrogens (primary N) is 1. The highest BCUT2D eigenvalue weighted by Crippen LogP contribution is 2.30. The number of hydrogen-bond donors (Lipinski definition) is 2. The van der Waals surface area contributed by atoms with Crippen LogP contribution in [0, 0.1) is 5.82 Å². The van der Waals surface area contributed by atoms with E-state index < -0.39 is 5.82 Å². The molecule has 0 saturated carbocycles. The number of nitrogen functional groups attached to an aromatic ring is 1. The Bertz CT molecular complexity index is 1380. The van der Waals surface area contributed by atoms with Gasteiger partial charge in [-0.15, -0.1) is 0 Å². The van der Waals surface area contributed by atoms with Crippen LogP contribution in [-0.2, 0) is 6.61 Å². The van der Waals surface area contributed by atoms with Crippen molar-refractivity contribution in [3.05, 3.63) is 78.5 Å². The number of aliphatic hydroxyl groups is 1. The molecule has 9 heteroatoms. The molecule has 33 heavy (non-hydrogen) atoms. The highest BCUT2D eigenvalue weighted by molar-refractivity contribution is 5.83. The van der Waals surface area contributed by atoms with Gasteiger partial charge in [0.05, 0.1) is 24.6 Å². The maximum Gasteiger partial charge on any atom is 0.180 e. The highest BCUT2D eigenvalue weighted by Gasteiger charge is 2.19. The van der Waals surface area contributed by atoms with Crippen LogP contribution in [0.2, 0.25) is 0 Å². The Morgan fingerprint density at radius 1 is 0.939 bits per heavy atom. The lowest BCUT2D eigenvalue weighted by Crippen LogP contribution is -2.03. The average molecular weight is 443 g/mol. The topological polar surface area (TPSA) is 116 Å². The lowest BCUT2D eigenvalue weighted by atomic mass is 10.2. The number of benzene rings is 1. The van der Waals surface area contributed by atoms with Gasteiger partial charge in [0, 0.05) is 11.9 Å². The van der Waals surface area contributed by atoms with E-state index >= 15 is 0 Å². The molecule has 5 rings (SSSR count). The number of rotatable bonds is 4. The van der Waals surface area contributed by atoms with E-state index in [1.54, 1.807) is 18.5 Å². The van der Waals surface area contributed by atoms with Crippen molar-refractivity contribution >= 4 is 17.0 Å². The highest BCUT2D eigenvalue weighted by atomic mass is 19.1. The van der Waals surface area contributed by atoms with Crippen LogP contribution in [0.3, 0.4) is 0 Å². The SMILES string of the molecule is CC.Nc1ncccc1-c1nc2cnc(-c3ccc(F)cn3)nc2n1-c1ccc(CO)cc1. The van der Waals surface area contributed by atoms with Gasteiger partial charge in [-0.2, -0.15) is 0 Å². The summed E-state index contributed by atoms with van der Waals surface area (Å²) in [4.78, 5) is 22.0. The van der Waals surface area contributed by atoms with Crippen molar-refractivity contribution in [2.75, 3.05) is 5.73 Å². The molecular formula is C24H22FN7O. The van der Waals surface area contributed by atoms with Gasteiger partial charge in [0.1, 0.15) is 22.8 Å². The minimum Gasteiger partial charge on any atom is -0.392 e. The fourth-order valence-electron chi connectivity index (χ4n) is 3.29. The number of halogens is 1. The maximum absolute atomic E-state index is 13.3. The monoisotopic (exact) mass is 443 g/mol. The zero-order valence-electron chi connectivity index (χ0n) is 18.1. The van der Waals surface area contributed by atoms with Crippen molar-refractivity contribution in [2.45, 2.75) is 20.5 Å². The molecule has 166 valence electrons. The van der Waals surface area contributed by atoms with Gasteiger partial charge in [0.25, 0.3) is 0 Å². The molecule has 0 aliphatic heterocycles. The summed E-state index contributed by atoms with van der Waals surface area (Å²) in [5.74, 6) is 0.787. The molecule has 1 aromatic carbocycles. The number of fused-ring (bicyclic) bond motifs is 1. The molecular weight excluding hydrogens is 421 g/mol. The Morgan fingerprint density at radius 3 is 2.39 bits per heavy atom. The van der Waals surface area contributed by atoms with E-state index in [0.29, 0.717) is 39.9 Å². The van der Waals surface area contributed by atoms with E-state index in [2.05, 4.69) is 19.9 Å². The lowest BCUT2D eigenvalue weighted by Gasteiger charge is -2.11. The third-order valence-corrected chi connectivity index (χ3v) is 4.81. The van der Waals surface area contributed by atoms with Crippen LogP contribution in [0.1, 0.15) is 19.4 Å². The van der Waals surface area contributed by atoms with Gasteiger partial charge in [-0.05, 0) is 42.0 Å². The summed E-state index contributed by atoms with van der Waals surface area (Å²) in [5, 5.41) is 9.38. The first-order valence-corrected chi connectivity index (χ1v) is 10.4. The normalized spacial score (nSPS) is 10.7. The van der Waals surface area contributed by atoms with Gasteiger partial charge in [-0.1, -0.05) is 26.0 Å². The zero-order chi connectivity index (χ0) is 23.4. The molecule has 4 heterocycles. The van der Waals surface area contributed by atoms with E-state index in [1.165, 1.54) is 12.1 Å². The maximum atomic E-state index is 13.3. The molecule has 0 fully saturated rings. The van der Waals surface area contributed by atoms with Crippen molar-refractivity contribution in [1.29, 1.82) is 0 Å². The molecule has 0 aliphatic carbocycles. The summed E-state index contributed by atoms with van der Waals surface area (Å²) in [5.41, 5.74) is 9.85. The van der Waals surface area contributed by atoms with Crippen LogP contribution in [0.15, 0.2) is 67.1 Å². The van der Waals surface area contributed by atoms with Crippen LogP contribution >= 0.6 is 0 Å². The minimum absolute atomic E-state index is 0.0596. The molecule has 0 saturated heterocycles. The van der Waals surface area contributed by atoms with E-state index in [9.17, 15) is 9.50 Å². The lowest BCUT2D eigenvalue weighted by molar-refractivity contribution is 0.282. The number of aliphatic hydroxyl groups excluding tert-OH is 1. The molecule has 0 radical (unpaired) electrons. The average Bonchev–Trinajstić information content (AvgIpc) is 3.24. The van der Waals surface area contributed by atoms with Gasteiger partial charge in [0.2, 0.25) is 0 Å². The molecule has 0 amide bonds. The quantitative estimate of drug-likeness (QED) is 0.428. The van der Waals surface area contributed by atoms with Crippen molar-refractivity contribution in [2.24, 2.45) is 0 Å². The number of aromatic nitrogens is 6. The van der Waals surface area contributed by atoms with E-state index in [4.69, 9.17) is 10.7 Å². The molecule has 5 aromatic rings. The number of imidazole rings is 1. The van der Waals surface area contributed by atoms with Crippen LogP contribution in [0.5, 0.6) is 0 Å². The van der Waals surface area contributed by atoms with Crippen molar-refractivity contribution in [3.63, 3.8) is 0 Å². The van der Waals surface area contributed by atoms with E-state index in [0.717, 1.165) is 17.4 Å². The van der Waals surface area contributed by atoms with Crippen molar-refractivity contribution in [3.8, 4) is 28.6 Å². The molecule has 0 spiro atoms. The molecule has 8 nitrogen and oxygen atoms in total. The number of anilines is 1. The van der Waals surface area contributed by atoms with E-state index in [-0.39, 0.29) is 6.61 Å². The summed E-state index contributed by atoms with van der Waals surface area (Å²) < 4.78 is 15.1. The Morgan fingerprint density at radius 2 is 1.73 bits per heavy atom. The zero-order valence-corrected chi connectivity index (χ0v) is 18.1. The Hall–Kier alpha value is -4.24. The smallest absolute Gasteiger partial charge is 0.180 e. The standard InChI is InChI=1S/C22H16FN7O.C2H6/c23-14-5-8-17(26-10-14)20-27-11-18-22(29-20)30(15-6-3-13(12-31)4-7-15)21(28-18)16-2-1-9-25-19(16)24;1-2/h1-11,31H,12H2,(H2,24,25);1-2H3. The molecule has 3 N–H and O–H groups in total. The summed E-state index contributed by atoms with van der Waals surface area (Å²) in [6.45, 7) is 3.94. The van der Waals surface area contributed by atoms with Crippen LogP contribution < -0.4 is 5.73 Å². The van der Waals surface area contributed by atoms with Crippen LogP contribution in [0.25, 0.3) is 39.8 Å². The van der Waals surface area contributed by atoms with Crippen molar-refractivity contribution < 1.29 is 9.50 Å². The Kier molecular flexibility index (Phi) is 6.32. The molecule has 0 bridgehead atoms. The van der Waals surface area contributed by atoms with Crippen LogP contribution in [-0.4, -0.2) is 34.6 Å². The largest absolute Gasteiger partial charge is 0.392 e. The fraction of sp³-hybridized carbons (Fsp3) is 0.125. The summed E-state index contributed by atoms with van der Waals surface area (Å²) in [6, 6.07) is 13.8. The summed E-state index contributed by atoms with van der Waals surface area (Å²) in [6.07, 6.45) is 4.33. The predicted octanol–water partition coefficient (Wildman–Crippen LogP) is 4.18. The fourth-order valence-corrected chi connectivity index (χ4v) is 3.29. The first kappa shape index (κ1) is 22.0. The van der Waals surface area contributed by atoms with Crippen molar-refractivity contribution in [1.82, 2.24) is 29.5 Å². The molecule has 0 atom stereocenters. The van der Waals surface area contributed by atoms with E-state index in [1.807, 2.05) is 48.7 Å². The second-order valence-corrected chi connectivity index (χ2v) is 6.80. The first-order chi connectivity index (χ1) is 16.1. The first-order valence-electron chi connectivity index (χ1n) is 10.4. The molecule has 0 aliphatic rings. The van der Waals surface area contributed by atoms with Gasteiger partial charge in [-0.3, -0.25) is 4.57 Å². The summed E-state index contributed by atoms with van der Waals surface area (Å²) >= 11 is 0. The number of hydrogen-bond acceptors (Lipinski definition) is 7. The van der Waals surface area contributed by atoms with Gasteiger partial charge < -0.3 is 10.8 Å². The second-order valence-electron chi connectivity index (χ2n) is 6.80. The molecule has 4 aromatic heterocycles. The Labute approximate surface area is 189 Å². The summed E-state index contributed by atoms with van der Waals surface area (Å²) in [7, 11) is 0. The third kappa shape index (κ3) is 4.26. The number of nitrogens with zero attached hydrogens (tertiary/aromatic N) is 6. The van der Waals surface area contributed by atoms with Gasteiger partial charge >= 0.3 is 0 Å². The third-order valence-electron chi connectivity index (χ3n) is 4.81. The molecule has 0 unspecified atom stereocenters. The predicted molar refractivity (Wildman–Crippen MR) is 125 cm³/mol.